The number of allylic oxidation sites excluding steroid dienone is 2. The summed E-state index contributed by atoms with van der Waals surface area (Å²) in [6.07, 6.45) is 20.6. The number of hydrogen-bond acceptors (Lipinski definition) is 16. The monoisotopic (exact) mass is 1560 g/mol. The first kappa shape index (κ1) is 77.9. The van der Waals surface area contributed by atoms with Crippen LogP contribution in [0.25, 0.3) is 0 Å². The van der Waals surface area contributed by atoms with E-state index in [9.17, 15) is 35.2 Å². The molecule has 108 heavy (non-hydrogen) atoms. The second-order valence-electron chi connectivity index (χ2n) is 34.5. The first-order valence-corrected chi connectivity index (χ1v) is 44.0. The molecule has 16 rings (SSSR count). The average molecular weight is 1570 g/mol. The zero-order valence-electron chi connectivity index (χ0n) is 63.9. The normalized spacial score (nSPS) is 36.4. The third-order valence-corrected chi connectivity index (χ3v) is 32.4. The summed E-state index contributed by atoms with van der Waals surface area (Å²) in [4.78, 5) is 42.0. The Morgan fingerprint density at radius 3 is 1.36 bits per heavy atom. The molecule has 2 N–H and O–H groups in total. The van der Waals surface area contributed by atoms with Gasteiger partial charge in [0.25, 0.3) is 11.8 Å². The van der Waals surface area contributed by atoms with E-state index in [-0.39, 0.29) is 46.6 Å². The fourth-order valence-corrected chi connectivity index (χ4v) is 23.9. The van der Waals surface area contributed by atoms with E-state index in [2.05, 4.69) is 87.4 Å². The number of piperidine rings is 2. The number of ether oxygens (including phenoxy) is 4. The highest BCUT2D eigenvalue weighted by molar-refractivity contribution is 7.91. The molecule has 6 fully saturated rings. The Bertz CT molecular complexity index is 4030. The second-order valence-corrected chi connectivity index (χ2v) is 39.4. The molecule has 24 heteroatoms. The van der Waals surface area contributed by atoms with Gasteiger partial charge in [-0.05, 0) is 235 Å². The minimum atomic E-state index is -3.98. The van der Waals surface area contributed by atoms with Crippen LogP contribution in [-0.2, 0) is 53.2 Å². The fourth-order valence-electron chi connectivity index (χ4n) is 21.0. The van der Waals surface area contributed by atoms with Gasteiger partial charge in [-0.3, -0.25) is 29.2 Å². The fraction of sp³-hybridized carbons (Fsp3) is 0.643. The van der Waals surface area contributed by atoms with Crippen LogP contribution in [0.15, 0.2) is 97.1 Å². The Kier molecular flexibility index (Phi) is 22.7. The number of anilines is 2. The highest BCUT2D eigenvalue weighted by Crippen LogP contribution is 2.53. The van der Waals surface area contributed by atoms with E-state index < -0.39 is 65.9 Å². The van der Waals surface area contributed by atoms with Crippen molar-refractivity contribution in [3.63, 3.8) is 0 Å². The molecular formula is C84H112Cl2F2N8O10S2. The van der Waals surface area contributed by atoms with Gasteiger partial charge in [0.15, 0.2) is 0 Å². The molecule has 2 amide bonds. The second kappa shape index (κ2) is 31.5. The van der Waals surface area contributed by atoms with E-state index in [0.717, 1.165) is 151 Å². The number of aryl methyl sites for hydroxylation is 2. The summed E-state index contributed by atoms with van der Waals surface area (Å²) in [5.74, 6) is 0.613. The van der Waals surface area contributed by atoms with Crippen LogP contribution in [0.3, 0.4) is 0 Å². The van der Waals surface area contributed by atoms with Crippen LogP contribution >= 0.6 is 23.2 Å². The van der Waals surface area contributed by atoms with Crippen molar-refractivity contribution >= 4 is 66.4 Å². The number of hydrogen-bond donors (Lipinski definition) is 2. The molecule has 0 radical (unpaired) electrons. The van der Waals surface area contributed by atoms with Crippen molar-refractivity contribution in [3.8, 4) is 11.5 Å². The SMILES string of the molecule is CO[C@@]1(CN2CCN3CC[C@@H](F)C[C@@H]3C2)/C=C/C[C@H](C)[C@@H](C)S(=O)(=O)NC(=O)c2ccc3c(c2)N(C[C@@H]2CC[C@H]21)C[C@@]1(CCCc2cc(Cl)ccc21)CO3.CO[C@@]1(CN2CCN3CC[C@@H](F)C[C@H]3C2)/C=C/C[C@H](C)[C@@H](C)S(=O)(=O)NC(=O)c2ccc3c(c2)N(C[C@@H]2CC[C@H]21)C[C@@]1(CCCc2cc(Cl)ccc21)CO3. The van der Waals surface area contributed by atoms with Gasteiger partial charge in [-0.1, -0.05) is 73.5 Å². The molecule has 2 spiro atoms. The maximum Gasteiger partial charge on any atom is 0.264 e. The van der Waals surface area contributed by atoms with Crippen molar-refractivity contribution in [2.24, 2.45) is 35.5 Å². The summed E-state index contributed by atoms with van der Waals surface area (Å²) in [7, 11) is -4.33. The number of sulfonamides is 2. The van der Waals surface area contributed by atoms with Gasteiger partial charge in [0, 0.05) is 150 Å². The van der Waals surface area contributed by atoms with Crippen molar-refractivity contribution in [2.75, 3.05) is 129 Å². The van der Waals surface area contributed by atoms with Crippen LogP contribution < -0.4 is 28.7 Å². The van der Waals surface area contributed by atoms with Gasteiger partial charge in [-0.25, -0.2) is 35.1 Å². The number of methoxy groups -OCH3 is 2. The first-order valence-electron chi connectivity index (χ1n) is 40.2. The number of alkyl halides is 2. The van der Waals surface area contributed by atoms with Crippen molar-refractivity contribution in [3.05, 3.63) is 141 Å². The number of nitrogens with zero attached hydrogens (tertiary/aromatic N) is 6. The summed E-state index contributed by atoms with van der Waals surface area (Å²) < 4.78 is 115. The Morgan fingerprint density at radius 1 is 0.537 bits per heavy atom. The molecule has 8 heterocycles. The summed E-state index contributed by atoms with van der Waals surface area (Å²) in [5.41, 5.74) is 5.45. The molecule has 2 saturated carbocycles. The third-order valence-electron chi connectivity index (χ3n) is 28.1. The number of carbonyl (C=O) groups is 2. The van der Waals surface area contributed by atoms with Gasteiger partial charge >= 0.3 is 0 Å². The Hall–Kier alpha value is -5.40. The van der Waals surface area contributed by atoms with Crippen LogP contribution in [0.2, 0.25) is 10.0 Å². The molecule has 4 aromatic rings. The molecule has 12 aliphatic rings. The van der Waals surface area contributed by atoms with E-state index in [0.29, 0.717) is 112 Å². The lowest BCUT2D eigenvalue weighted by molar-refractivity contribution is -0.102. The number of halogens is 4. The molecule has 4 aliphatic carbocycles. The lowest BCUT2D eigenvalue weighted by Gasteiger charge is -2.53. The summed E-state index contributed by atoms with van der Waals surface area (Å²) >= 11 is 13.0. The van der Waals surface area contributed by atoms with Crippen molar-refractivity contribution in [1.82, 2.24) is 29.0 Å². The Morgan fingerprint density at radius 2 is 0.963 bits per heavy atom. The molecule has 4 aromatic carbocycles. The quantitative estimate of drug-likeness (QED) is 0.174. The van der Waals surface area contributed by atoms with Crippen LogP contribution in [0, 0.1) is 35.5 Å². The maximum atomic E-state index is 14.6. The van der Waals surface area contributed by atoms with Gasteiger partial charge in [0.05, 0.1) is 35.1 Å². The Balaban J connectivity index is 0.000000172. The molecular weight excluding hydrogens is 1450 g/mol. The molecule has 588 valence electrons. The number of rotatable bonds is 6. The number of piperazine rings is 2. The van der Waals surface area contributed by atoms with Crippen molar-refractivity contribution in [1.29, 1.82) is 0 Å². The van der Waals surface area contributed by atoms with Gasteiger partial charge < -0.3 is 28.7 Å². The van der Waals surface area contributed by atoms with Crippen LogP contribution in [0.4, 0.5) is 20.2 Å². The molecule has 4 saturated heterocycles. The molecule has 0 aromatic heterocycles. The van der Waals surface area contributed by atoms with Crippen molar-refractivity contribution < 1.29 is 54.2 Å². The zero-order valence-corrected chi connectivity index (χ0v) is 67.0. The number of carbonyl (C=O) groups excluding carboxylic acids is 2. The Labute approximate surface area is 649 Å². The maximum absolute atomic E-state index is 14.6. The lowest BCUT2D eigenvalue weighted by Crippen LogP contribution is -2.62. The largest absolute Gasteiger partial charge is 0.490 e. The first-order chi connectivity index (χ1) is 51.8. The number of fused-ring (bicyclic) bond motifs is 10. The van der Waals surface area contributed by atoms with Gasteiger partial charge in [0.1, 0.15) is 35.0 Å². The highest BCUT2D eigenvalue weighted by atomic mass is 35.5. The predicted molar refractivity (Wildman–Crippen MR) is 422 cm³/mol. The molecule has 8 aliphatic heterocycles. The number of amides is 2. The molecule has 4 bridgehead atoms. The summed E-state index contributed by atoms with van der Waals surface area (Å²) in [6, 6.07) is 23.6. The van der Waals surface area contributed by atoms with Crippen LogP contribution in [0.1, 0.15) is 161 Å². The van der Waals surface area contributed by atoms with Gasteiger partial charge in [-0.2, -0.15) is 0 Å². The van der Waals surface area contributed by atoms with E-state index in [4.69, 9.17) is 42.1 Å². The average Bonchev–Trinajstić information content (AvgIpc) is 1.15. The molecule has 16 atom stereocenters. The predicted octanol–water partition coefficient (Wildman–Crippen LogP) is 12.8. The minimum absolute atomic E-state index is 0.203. The topological polar surface area (TPSA) is 183 Å². The van der Waals surface area contributed by atoms with Crippen LogP contribution in [-0.4, -0.2) is 213 Å². The van der Waals surface area contributed by atoms with Crippen molar-refractivity contribution in [2.45, 2.75) is 187 Å². The highest BCUT2D eigenvalue weighted by Gasteiger charge is 2.54. The van der Waals surface area contributed by atoms with E-state index in [1.807, 2.05) is 64.5 Å². The third kappa shape index (κ3) is 15.6. The lowest BCUT2D eigenvalue weighted by atomic mass is 9.63. The van der Waals surface area contributed by atoms with E-state index in [1.165, 1.54) is 22.3 Å². The molecule has 0 unspecified atom stereocenters. The molecule has 18 nitrogen and oxygen atoms in total. The number of benzene rings is 4. The minimum Gasteiger partial charge on any atom is -0.490 e. The number of nitrogens with one attached hydrogen (secondary N) is 2. The van der Waals surface area contributed by atoms with Crippen LogP contribution in [0.5, 0.6) is 11.5 Å². The van der Waals surface area contributed by atoms with E-state index in [1.54, 1.807) is 26.0 Å². The zero-order chi connectivity index (χ0) is 75.7. The standard InChI is InChI=1S/2C42H56ClFN4O5S/c2*1-28-6-4-16-42(52-3,26-46-18-19-47-17-14-34(44)22-35(47)24-46)37-11-8-32(37)23-48-25-41(15-5-7-30-20-33(43)10-12-36(30)41)27-53-39-13-9-31(21-38(39)48)40(49)45-54(50,51)29(28)2/h2*4,9-10,12-13,16,20-21,28-29,32,34-35,37H,5-8,11,14-15,17-19,22-27H2,1-3H3,(H,45,49)/b2*16-4+/t28-,29+,32-,34+,35+,37+,41-,42+;28-,29+,32-,34+,35-,37+,41-,42+/m00/s1. The smallest absolute Gasteiger partial charge is 0.264 e. The van der Waals surface area contributed by atoms with Gasteiger partial charge in [-0.15, -0.1) is 0 Å². The summed E-state index contributed by atoms with van der Waals surface area (Å²) in [5, 5.41) is -0.140. The van der Waals surface area contributed by atoms with E-state index >= 15 is 0 Å². The van der Waals surface area contributed by atoms with Gasteiger partial charge in [0.2, 0.25) is 20.0 Å². The summed E-state index contributed by atoms with van der Waals surface area (Å²) in [6.45, 7) is 19.4.